The molecule has 0 aliphatic rings. The van der Waals surface area contributed by atoms with Crippen molar-refractivity contribution in [3.8, 4) is 0 Å². The summed E-state index contributed by atoms with van der Waals surface area (Å²) in [5.74, 6) is -0.516. The summed E-state index contributed by atoms with van der Waals surface area (Å²) < 4.78 is 26.6. The standard InChI is InChI=1S/C18H19N3O3S/c1-21-13-14(12-20-21)11-19-18(22)8-9-25(23,24)17-7-6-15-4-2-3-5-16(15)10-17/h2-7,10,12-13H,8-9,11H2,1H3,(H,19,22). The van der Waals surface area contributed by atoms with E-state index in [1.165, 1.54) is 0 Å². The second-order valence-electron chi connectivity index (χ2n) is 5.88. The number of aromatic nitrogens is 2. The maximum Gasteiger partial charge on any atom is 0.221 e. The van der Waals surface area contributed by atoms with Gasteiger partial charge in [-0.3, -0.25) is 9.48 Å². The number of nitrogens with zero attached hydrogens (tertiary/aromatic N) is 2. The van der Waals surface area contributed by atoms with Crippen LogP contribution < -0.4 is 5.32 Å². The molecule has 0 unspecified atom stereocenters. The molecule has 130 valence electrons. The van der Waals surface area contributed by atoms with Gasteiger partial charge in [0.15, 0.2) is 9.84 Å². The van der Waals surface area contributed by atoms with Crippen LogP contribution in [0, 0.1) is 0 Å². The average molecular weight is 357 g/mol. The Balaban J connectivity index is 1.61. The summed E-state index contributed by atoms with van der Waals surface area (Å²) in [5, 5.41) is 8.57. The van der Waals surface area contributed by atoms with Crippen LogP contribution in [0.2, 0.25) is 0 Å². The summed E-state index contributed by atoms with van der Waals surface area (Å²) in [5.41, 5.74) is 0.869. The molecule has 3 aromatic rings. The molecule has 0 saturated carbocycles. The minimum absolute atomic E-state index is 0.0740. The summed E-state index contributed by atoms with van der Waals surface area (Å²) in [4.78, 5) is 12.2. The van der Waals surface area contributed by atoms with Crippen LogP contribution in [0.15, 0.2) is 59.8 Å². The molecule has 2 aromatic carbocycles. The smallest absolute Gasteiger partial charge is 0.221 e. The number of aryl methyl sites for hydroxylation is 1. The molecule has 1 aromatic heterocycles. The van der Waals surface area contributed by atoms with Crippen LogP contribution in [0.5, 0.6) is 0 Å². The van der Waals surface area contributed by atoms with Gasteiger partial charge in [0.25, 0.3) is 0 Å². The lowest BCUT2D eigenvalue weighted by Gasteiger charge is -2.07. The quantitative estimate of drug-likeness (QED) is 0.732. The van der Waals surface area contributed by atoms with Crippen LogP contribution in [0.25, 0.3) is 10.8 Å². The van der Waals surface area contributed by atoms with Crippen LogP contribution in [-0.2, 0) is 28.2 Å². The van der Waals surface area contributed by atoms with E-state index in [4.69, 9.17) is 0 Å². The lowest BCUT2D eigenvalue weighted by atomic mass is 10.1. The Morgan fingerprint density at radius 1 is 1.16 bits per heavy atom. The van der Waals surface area contributed by atoms with Gasteiger partial charge < -0.3 is 5.32 Å². The maximum absolute atomic E-state index is 12.5. The molecule has 0 aliphatic heterocycles. The molecule has 1 heterocycles. The van der Waals surface area contributed by atoms with Crippen LogP contribution in [-0.4, -0.2) is 29.9 Å². The predicted molar refractivity (Wildman–Crippen MR) is 95.7 cm³/mol. The van der Waals surface area contributed by atoms with Gasteiger partial charge in [-0.05, 0) is 22.9 Å². The Bertz CT molecular complexity index is 1010. The van der Waals surface area contributed by atoms with Crippen molar-refractivity contribution in [1.82, 2.24) is 15.1 Å². The maximum atomic E-state index is 12.5. The Morgan fingerprint density at radius 2 is 1.92 bits per heavy atom. The zero-order valence-electron chi connectivity index (χ0n) is 13.8. The van der Waals surface area contributed by atoms with E-state index in [9.17, 15) is 13.2 Å². The normalized spacial score (nSPS) is 11.6. The zero-order valence-corrected chi connectivity index (χ0v) is 14.7. The molecule has 6 nitrogen and oxygen atoms in total. The van der Waals surface area contributed by atoms with Gasteiger partial charge in [0.1, 0.15) is 0 Å². The Labute approximate surface area is 146 Å². The minimum atomic E-state index is -3.50. The summed E-state index contributed by atoms with van der Waals surface area (Å²) in [6.45, 7) is 0.336. The molecule has 0 radical (unpaired) electrons. The summed E-state index contributed by atoms with van der Waals surface area (Å²) in [6, 6.07) is 12.6. The van der Waals surface area contributed by atoms with Gasteiger partial charge in [0.2, 0.25) is 5.91 Å². The van der Waals surface area contributed by atoms with Crippen molar-refractivity contribution < 1.29 is 13.2 Å². The van der Waals surface area contributed by atoms with Crippen LogP contribution in [0.4, 0.5) is 0 Å². The van der Waals surface area contributed by atoms with E-state index in [1.54, 1.807) is 42.3 Å². The Morgan fingerprint density at radius 3 is 2.64 bits per heavy atom. The fraction of sp³-hybridized carbons (Fsp3) is 0.222. The van der Waals surface area contributed by atoms with Crippen molar-refractivity contribution in [3.63, 3.8) is 0 Å². The van der Waals surface area contributed by atoms with E-state index in [-0.39, 0.29) is 23.0 Å². The molecule has 3 rings (SSSR count). The number of amides is 1. The van der Waals surface area contributed by atoms with E-state index >= 15 is 0 Å². The highest BCUT2D eigenvalue weighted by Gasteiger charge is 2.17. The largest absolute Gasteiger partial charge is 0.352 e. The topological polar surface area (TPSA) is 81.1 Å². The van der Waals surface area contributed by atoms with Gasteiger partial charge in [-0.25, -0.2) is 8.42 Å². The second-order valence-corrected chi connectivity index (χ2v) is 7.99. The molecular formula is C18H19N3O3S. The van der Waals surface area contributed by atoms with Crippen LogP contribution in [0.1, 0.15) is 12.0 Å². The van der Waals surface area contributed by atoms with Gasteiger partial charge in [-0.2, -0.15) is 5.10 Å². The molecule has 0 spiro atoms. The number of carbonyl (C=O) groups is 1. The van der Waals surface area contributed by atoms with E-state index in [0.717, 1.165) is 16.3 Å². The molecule has 7 heteroatoms. The van der Waals surface area contributed by atoms with Gasteiger partial charge in [-0.1, -0.05) is 30.3 Å². The van der Waals surface area contributed by atoms with E-state index in [1.807, 2.05) is 24.3 Å². The molecule has 0 fully saturated rings. The Kier molecular flexibility index (Phi) is 4.85. The van der Waals surface area contributed by atoms with Crippen molar-refractivity contribution in [3.05, 3.63) is 60.4 Å². The number of hydrogen-bond acceptors (Lipinski definition) is 4. The van der Waals surface area contributed by atoms with E-state index in [2.05, 4.69) is 10.4 Å². The average Bonchev–Trinajstić information content (AvgIpc) is 3.03. The van der Waals surface area contributed by atoms with Crippen molar-refractivity contribution in [2.24, 2.45) is 7.05 Å². The molecule has 1 amide bonds. The Hall–Kier alpha value is -2.67. The SMILES string of the molecule is Cn1cc(CNC(=O)CCS(=O)(=O)c2ccc3ccccc3c2)cn1. The zero-order chi connectivity index (χ0) is 17.9. The summed E-state index contributed by atoms with van der Waals surface area (Å²) >= 11 is 0. The first-order valence-electron chi connectivity index (χ1n) is 7.90. The first kappa shape index (κ1) is 17.2. The molecule has 0 aliphatic carbocycles. The van der Waals surface area contributed by atoms with Crippen LogP contribution in [0.3, 0.4) is 0 Å². The molecule has 1 N–H and O–H groups in total. The third-order valence-electron chi connectivity index (χ3n) is 3.93. The molecule has 0 bridgehead atoms. The molecule has 0 saturated heterocycles. The monoisotopic (exact) mass is 357 g/mol. The summed E-state index contributed by atoms with van der Waals surface area (Å²) in [6.07, 6.45) is 3.38. The number of rotatable bonds is 6. The number of sulfone groups is 1. The van der Waals surface area contributed by atoms with E-state index < -0.39 is 9.84 Å². The highest BCUT2D eigenvalue weighted by atomic mass is 32.2. The van der Waals surface area contributed by atoms with Crippen LogP contribution >= 0.6 is 0 Å². The minimum Gasteiger partial charge on any atom is -0.352 e. The van der Waals surface area contributed by atoms with Crippen molar-refractivity contribution >= 4 is 26.5 Å². The van der Waals surface area contributed by atoms with Gasteiger partial charge >= 0.3 is 0 Å². The van der Waals surface area contributed by atoms with Crippen molar-refractivity contribution in [2.45, 2.75) is 17.9 Å². The number of carbonyl (C=O) groups excluding carboxylic acids is 1. The number of benzene rings is 2. The van der Waals surface area contributed by atoms with Crippen molar-refractivity contribution in [2.75, 3.05) is 5.75 Å². The molecular weight excluding hydrogens is 338 g/mol. The van der Waals surface area contributed by atoms with Gasteiger partial charge in [-0.15, -0.1) is 0 Å². The lowest BCUT2D eigenvalue weighted by Crippen LogP contribution is -2.25. The van der Waals surface area contributed by atoms with Gasteiger partial charge in [0, 0.05) is 31.8 Å². The third-order valence-corrected chi connectivity index (χ3v) is 5.64. The summed E-state index contributed by atoms with van der Waals surface area (Å²) in [7, 11) is -1.71. The second kappa shape index (κ2) is 7.06. The fourth-order valence-corrected chi connectivity index (χ4v) is 3.83. The van der Waals surface area contributed by atoms with E-state index in [0.29, 0.717) is 6.54 Å². The number of hydrogen-bond donors (Lipinski definition) is 1. The third kappa shape index (κ3) is 4.24. The highest BCUT2D eigenvalue weighted by molar-refractivity contribution is 7.91. The predicted octanol–water partition coefficient (Wildman–Crippen LogP) is 2.05. The number of fused-ring (bicyclic) bond motifs is 1. The molecule has 0 atom stereocenters. The number of nitrogens with one attached hydrogen (secondary N) is 1. The highest BCUT2D eigenvalue weighted by Crippen LogP contribution is 2.20. The first-order valence-corrected chi connectivity index (χ1v) is 9.55. The lowest BCUT2D eigenvalue weighted by molar-refractivity contribution is -0.120. The first-order chi connectivity index (χ1) is 11.9. The van der Waals surface area contributed by atoms with Gasteiger partial charge in [0.05, 0.1) is 16.8 Å². The molecule has 25 heavy (non-hydrogen) atoms. The fourth-order valence-electron chi connectivity index (χ4n) is 2.56. The van der Waals surface area contributed by atoms with Crippen molar-refractivity contribution in [1.29, 1.82) is 0 Å².